The van der Waals surface area contributed by atoms with Gasteiger partial charge in [-0.1, -0.05) is 12.1 Å². The number of aliphatic hydroxyl groups excluding tert-OH is 1. The number of rotatable bonds is 6. The Balaban J connectivity index is 1.83. The van der Waals surface area contributed by atoms with Crippen LogP contribution in [0.5, 0.6) is 0 Å². The minimum atomic E-state index is 0.0936. The Morgan fingerprint density at radius 2 is 1.88 bits per heavy atom. The van der Waals surface area contributed by atoms with Crippen LogP contribution in [0.3, 0.4) is 0 Å². The number of aromatic nitrogens is 4. The number of nitrogens with zero attached hydrogens (tertiary/aromatic N) is 4. The number of para-hydroxylation sites is 2. The maximum Gasteiger partial charge on any atom is 0.0877 e. The maximum absolute atomic E-state index is 9.13. The van der Waals surface area contributed by atoms with Crippen LogP contribution in [0.4, 0.5) is 5.69 Å². The summed E-state index contributed by atoms with van der Waals surface area (Å²) in [5.41, 5.74) is 6.26. The molecule has 0 aliphatic carbocycles. The number of anilines is 1. The summed E-state index contributed by atoms with van der Waals surface area (Å²) in [5, 5.41) is 21.6. The van der Waals surface area contributed by atoms with E-state index in [1.54, 1.807) is 0 Å². The number of hydrogen-bond acceptors (Lipinski definition) is 4. The number of benzene rings is 1. The number of nitrogens with one attached hydrogen (secondary N) is 1. The second-order valence-corrected chi connectivity index (χ2v) is 5.87. The van der Waals surface area contributed by atoms with Gasteiger partial charge in [0.25, 0.3) is 0 Å². The van der Waals surface area contributed by atoms with E-state index < -0.39 is 0 Å². The van der Waals surface area contributed by atoms with E-state index in [-0.39, 0.29) is 6.61 Å². The number of hydrogen-bond donors (Lipinski definition) is 2. The monoisotopic (exact) mass is 325 g/mol. The van der Waals surface area contributed by atoms with Gasteiger partial charge in [-0.25, -0.2) is 4.68 Å². The maximum atomic E-state index is 9.13. The van der Waals surface area contributed by atoms with Crippen molar-refractivity contribution in [1.82, 2.24) is 19.6 Å². The van der Waals surface area contributed by atoms with E-state index >= 15 is 0 Å². The van der Waals surface area contributed by atoms with Crippen LogP contribution in [-0.4, -0.2) is 31.3 Å². The number of aryl methyl sites for hydroxylation is 2. The average molecular weight is 325 g/mol. The van der Waals surface area contributed by atoms with E-state index in [2.05, 4.69) is 21.6 Å². The molecule has 2 N–H and O–H groups in total. The lowest BCUT2D eigenvalue weighted by atomic mass is 10.2. The lowest BCUT2D eigenvalue weighted by Crippen LogP contribution is -2.08. The molecule has 0 saturated heterocycles. The molecule has 6 nitrogen and oxygen atoms in total. The van der Waals surface area contributed by atoms with E-state index in [0.717, 1.165) is 34.0 Å². The van der Waals surface area contributed by atoms with Gasteiger partial charge in [-0.2, -0.15) is 10.2 Å². The van der Waals surface area contributed by atoms with Crippen molar-refractivity contribution in [1.29, 1.82) is 0 Å². The highest BCUT2D eigenvalue weighted by Crippen LogP contribution is 2.22. The van der Waals surface area contributed by atoms with Crippen LogP contribution < -0.4 is 5.32 Å². The Morgan fingerprint density at radius 3 is 2.58 bits per heavy atom. The van der Waals surface area contributed by atoms with Crippen LogP contribution in [0.1, 0.15) is 22.6 Å². The zero-order chi connectivity index (χ0) is 17.1. The van der Waals surface area contributed by atoms with Crippen LogP contribution in [0.25, 0.3) is 5.69 Å². The molecule has 0 unspecified atom stereocenters. The topological polar surface area (TPSA) is 67.9 Å². The van der Waals surface area contributed by atoms with Gasteiger partial charge in [0.1, 0.15) is 0 Å². The van der Waals surface area contributed by atoms with Crippen LogP contribution in [0, 0.1) is 20.8 Å². The van der Waals surface area contributed by atoms with Gasteiger partial charge in [-0.3, -0.25) is 4.68 Å². The third-order valence-electron chi connectivity index (χ3n) is 4.17. The zero-order valence-electron chi connectivity index (χ0n) is 14.3. The highest BCUT2D eigenvalue weighted by molar-refractivity contribution is 5.60. The first kappa shape index (κ1) is 16.3. The first-order valence-electron chi connectivity index (χ1n) is 8.09. The molecule has 3 aromatic rings. The predicted octanol–water partition coefficient (Wildman–Crippen LogP) is 2.60. The van der Waals surface area contributed by atoms with Gasteiger partial charge in [0.05, 0.1) is 35.9 Å². The summed E-state index contributed by atoms with van der Waals surface area (Å²) in [5.74, 6) is 0. The Bertz CT molecular complexity index is 834. The minimum absolute atomic E-state index is 0.0936. The molecule has 0 bridgehead atoms. The molecule has 24 heavy (non-hydrogen) atoms. The summed E-state index contributed by atoms with van der Waals surface area (Å²) in [6, 6.07) is 10.1. The molecule has 0 amide bonds. The molecule has 0 fully saturated rings. The summed E-state index contributed by atoms with van der Waals surface area (Å²) in [6.45, 7) is 7.32. The molecule has 0 saturated carbocycles. The second-order valence-electron chi connectivity index (χ2n) is 5.87. The first-order valence-corrected chi connectivity index (χ1v) is 8.09. The molecule has 0 aliphatic rings. The van der Waals surface area contributed by atoms with Gasteiger partial charge in [-0.15, -0.1) is 0 Å². The van der Waals surface area contributed by atoms with Crippen molar-refractivity contribution in [2.45, 2.75) is 33.9 Å². The molecule has 3 rings (SSSR count). The lowest BCUT2D eigenvalue weighted by molar-refractivity contribution is 0.268. The van der Waals surface area contributed by atoms with Gasteiger partial charge in [0, 0.05) is 24.0 Å². The van der Waals surface area contributed by atoms with Gasteiger partial charge in [-0.05, 0) is 39.0 Å². The van der Waals surface area contributed by atoms with Crippen LogP contribution in [0.15, 0.2) is 36.5 Å². The fourth-order valence-electron chi connectivity index (χ4n) is 2.86. The fraction of sp³-hybridized carbons (Fsp3) is 0.333. The van der Waals surface area contributed by atoms with Gasteiger partial charge in [0.2, 0.25) is 0 Å². The number of aliphatic hydroxyl groups is 1. The molecule has 0 radical (unpaired) electrons. The quantitative estimate of drug-likeness (QED) is 0.731. The predicted molar refractivity (Wildman–Crippen MR) is 94.4 cm³/mol. The molecule has 0 spiro atoms. The highest BCUT2D eigenvalue weighted by Gasteiger charge is 2.12. The van der Waals surface area contributed by atoms with Gasteiger partial charge < -0.3 is 10.4 Å². The standard InChI is InChI=1S/C18H23N5O/c1-13-8-9-23(20-13)18-7-5-4-6-17(18)19-12-16-14(2)21-22(10-11-24)15(16)3/h4-9,19,24H,10-12H2,1-3H3. The van der Waals surface area contributed by atoms with Crippen LogP contribution in [-0.2, 0) is 13.1 Å². The summed E-state index contributed by atoms with van der Waals surface area (Å²) in [4.78, 5) is 0. The average Bonchev–Trinajstić information content (AvgIpc) is 3.11. The van der Waals surface area contributed by atoms with E-state index in [1.807, 2.05) is 60.6 Å². The van der Waals surface area contributed by atoms with Crippen molar-refractivity contribution < 1.29 is 5.11 Å². The van der Waals surface area contributed by atoms with Gasteiger partial charge in [0.15, 0.2) is 0 Å². The molecular weight excluding hydrogens is 302 g/mol. The Labute approximate surface area is 141 Å². The summed E-state index contributed by atoms with van der Waals surface area (Å²) in [6.07, 6.45) is 1.96. The van der Waals surface area contributed by atoms with Gasteiger partial charge >= 0.3 is 0 Å². The lowest BCUT2D eigenvalue weighted by Gasteiger charge is -2.12. The summed E-state index contributed by atoms with van der Waals surface area (Å²) in [7, 11) is 0. The van der Waals surface area contributed by atoms with E-state index in [4.69, 9.17) is 5.11 Å². The zero-order valence-corrected chi connectivity index (χ0v) is 14.3. The summed E-state index contributed by atoms with van der Waals surface area (Å²) < 4.78 is 3.74. The summed E-state index contributed by atoms with van der Waals surface area (Å²) >= 11 is 0. The third kappa shape index (κ3) is 3.19. The minimum Gasteiger partial charge on any atom is -0.394 e. The van der Waals surface area contributed by atoms with Crippen LogP contribution >= 0.6 is 0 Å². The molecule has 2 heterocycles. The van der Waals surface area contributed by atoms with E-state index in [9.17, 15) is 0 Å². The molecule has 1 aromatic carbocycles. The first-order chi connectivity index (χ1) is 11.6. The Morgan fingerprint density at radius 1 is 1.08 bits per heavy atom. The van der Waals surface area contributed by atoms with Crippen molar-refractivity contribution in [3.05, 3.63) is 59.2 Å². The Hall–Kier alpha value is -2.60. The molecule has 0 atom stereocenters. The largest absolute Gasteiger partial charge is 0.394 e. The molecule has 126 valence electrons. The normalized spacial score (nSPS) is 11.0. The van der Waals surface area contributed by atoms with E-state index in [0.29, 0.717) is 13.1 Å². The fourth-order valence-corrected chi connectivity index (χ4v) is 2.86. The van der Waals surface area contributed by atoms with Crippen molar-refractivity contribution >= 4 is 5.69 Å². The molecular formula is C18H23N5O. The molecule has 2 aromatic heterocycles. The van der Waals surface area contributed by atoms with Crippen molar-refractivity contribution in [3.63, 3.8) is 0 Å². The van der Waals surface area contributed by atoms with Crippen molar-refractivity contribution in [2.75, 3.05) is 11.9 Å². The van der Waals surface area contributed by atoms with E-state index in [1.165, 1.54) is 0 Å². The Kier molecular flexibility index (Phi) is 4.66. The van der Waals surface area contributed by atoms with Crippen LogP contribution in [0.2, 0.25) is 0 Å². The molecule has 0 aliphatic heterocycles. The van der Waals surface area contributed by atoms with Crippen molar-refractivity contribution in [2.24, 2.45) is 0 Å². The van der Waals surface area contributed by atoms with Crippen molar-refractivity contribution in [3.8, 4) is 5.69 Å². The second kappa shape index (κ2) is 6.88. The smallest absolute Gasteiger partial charge is 0.0877 e. The third-order valence-corrected chi connectivity index (χ3v) is 4.17. The molecule has 6 heteroatoms. The SMILES string of the molecule is Cc1ccn(-c2ccccc2NCc2c(C)nn(CCO)c2C)n1. The highest BCUT2D eigenvalue weighted by atomic mass is 16.3.